The zero-order valence-electron chi connectivity index (χ0n) is 10.7. The van der Waals surface area contributed by atoms with Crippen LogP contribution in [0.1, 0.15) is 16.1 Å². The first-order chi connectivity index (χ1) is 10.2. The third kappa shape index (κ3) is 3.11. The molecular weight excluding hydrogens is 318 g/mol. The molecule has 0 radical (unpaired) electrons. The maximum Gasteiger partial charge on any atom is 0.272 e. The lowest BCUT2D eigenvalue weighted by Crippen LogP contribution is -2.13. The number of nitrogens with zero attached hydrogens (tertiary/aromatic N) is 1. The first-order valence-corrected chi connectivity index (χ1v) is 7.18. The fraction of sp³-hybridized carbons (Fsp3) is 0. The summed E-state index contributed by atoms with van der Waals surface area (Å²) < 4.78 is 48.6. The molecule has 114 valence electrons. The third-order valence-electron chi connectivity index (χ3n) is 2.64. The molecule has 2 aromatic rings. The molecule has 0 atom stereocenters. The van der Waals surface area contributed by atoms with E-state index in [1.54, 1.807) is 0 Å². The number of hydrogen-bond acceptors (Lipinski definition) is 4. The standard InChI is InChI=1S/C12H8F2N4O3S/c13-9-2-7(1-6(4-15)11(9)14)18-12(19)10-3-8(5-17-10)22(16,20)21/h1-3,5,17H,(H,18,19)(H2,16,20,21). The van der Waals surface area contributed by atoms with Gasteiger partial charge in [-0.2, -0.15) is 5.26 Å². The largest absolute Gasteiger partial charge is 0.356 e. The number of aromatic amines is 1. The van der Waals surface area contributed by atoms with Crippen molar-refractivity contribution in [1.29, 1.82) is 5.26 Å². The third-order valence-corrected chi connectivity index (χ3v) is 3.53. The van der Waals surface area contributed by atoms with Gasteiger partial charge in [0.05, 0.1) is 10.5 Å². The van der Waals surface area contributed by atoms with Gasteiger partial charge < -0.3 is 10.3 Å². The van der Waals surface area contributed by atoms with Crippen LogP contribution in [-0.4, -0.2) is 19.3 Å². The Morgan fingerprint density at radius 1 is 1.32 bits per heavy atom. The van der Waals surface area contributed by atoms with Crippen LogP contribution >= 0.6 is 0 Å². The van der Waals surface area contributed by atoms with Gasteiger partial charge in [-0.25, -0.2) is 22.3 Å². The van der Waals surface area contributed by atoms with E-state index >= 15 is 0 Å². The van der Waals surface area contributed by atoms with Crippen molar-refractivity contribution in [3.63, 3.8) is 0 Å². The van der Waals surface area contributed by atoms with Crippen LogP contribution in [0, 0.1) is 23.0 Å². The molecule has 10 heteroatoms. The molecule has 0 aliphatic carbocycles. The fourth-order valence-electron chi connectivity index (χ4n) is 1.61. The number of H-pyrrole nitrogens is 1. The Morgan fingerprint density at radius 3 is 2.55 bits per heavy atom. The fourth-order valence-corrected chi connectivity index (χ4v) is 2.12. The van der Waals surface area contributed by atoms with E-state index in [0.717, 1.165) is 18.3 Å². The molecule has 1 aromatic carbocycles. The molecule has 0 aliphatic heterocycles. The van der Waals surface area contributed by atoms with Gasteiger partial charge in [-0.1, -0.05) is 0 Å². The summed E-state index contributed by atoms with van der Waals surface area (Å²) in [5.74, 6) is -3.44. The molecule has 0 spiro atoms. The number of amides is 1. The number of anilines is 1. The van der Waals surface area contributed by atoms with E-state index in [2.05, 4.69) is 10.3 Å². The lowest BCUT2D eigenvalue weighted by Gasteiger charge is -2.05. The van der Waals surface area contributed by atoms with Crippen LogP contribution in [0.3, 0.4) is 0 Å². The van der Waals surface area contributed by atoms with Crippen molar-refractivity contribution < 1.29 is 22.0 Å². The van der Waals surface area contributed by atoms with Gasteiger partial charge in [-0.05, 0) is 12.1 Å². The number of sulfonamides is 1. The van der Waals surface area contributed by atoms with Crippen LogP contribution in [0.15, 0.2) is 29.3 Å². The second kappa shape index (κ2) is 5.55. The number of rotatable bonds is 3. The lowest BCUT2D eigenvalue weighted by molar-refractivity contribution is 0.102. The van der Waals surface area contributed by atoms with Crippen molar-refractivity contribution in [2.75, 3.05) is 5.32 Å². The number of primary sulfonamides is 1. The van der Waals surface area contributed by atoms with Crippen LogP contribution in [0.5, 0.6) is 0 Å². The Kier molecular flexibility index (Phi) is 3.94. The first kappa shape index (κ1) is 15.6. The van der Waals surface area contributed by atoms with Gasteiger partial charge in [-0.3, -0.25) is 4.79 Å². The van der Waals surface area contributed by atoms with Crippen molar-refractivity contribution in [3.8, 4) is 6.07 Å². The Morgan fingerprint density at radius 2 is 2.00 bits per heavy atom. The maximum absolute atomic E-state index is 13.3. The van der Waals surface area contributed by atoms with Crippen LogP contribution in [0.4, 0.5) is 14.5 Å². The highest BCUT2D eigenvalue weighted by Gasteiger charge is 2.16. The molecule has 0 aliphatic rings. The quantitative estimate of drug-likeness (QED) is 0.779. The van der Waals surface area contributed by atoms with Crippen molar-refractivity contribution in [2.45, 2.75) is 4.90 Å². The Balaban J connectivity index is 2.28. The van der Waals surface area contributed by atoms with E-state index in [1.165, 1.54) is 6.07 Å². The monoisotopic (exact) mass is 326 g/mol. The van der Waals surface area contributed by atoms with Gasteiger partial charge in [0.2, 0.25) is 10.0 Å². The molecule has 0 unspecified atom stereocenters. The van der Waals surface area contributed by atoms with E-state index in [1.807, 2.05) is 0 Å². The highest BCUT2D eigenvalue weighted by molar-refractivity contribution is 7.89. The predicted octanol–water partition coefficient (Wildman–Crippen LogP) is 1.06. The summed E-state index contributed by atoms with van der Waals surface area (Å²) in [5.41, 5.74) is -0.897. The SMILES string of the molecule is N#Cc1cc(NC(=O)c2cc(S(N)(=O)=O)c[nH]2)cc(F)c1F. The van der Waals surface area contributed by atoms with Crippen LogP contribution in [0.2, 0.25) is 0 Å². The molecule has 2 rings (SSSR count). The molecular formula is C12H8F2N4O3S. The molecule has 1 amide bonds. The molecule has 4 N–H and O–H groups in total. The molecule has 0 saturated heterocycles. The summed E-state index contributed by atoms with van der Waals surface area (Å²) in [5, 5.41) is 15.7. The maximum atomic E-state index is 13.3. The highest BCUT2D eigenvalue weighted by Crippen LogP contribution is 2.19. The topological polar surface area (TPSA) is 129 Å². The normalized spacial score (nSPS) is 11.0. The van der Waals surface area contributed by atoms with Crippen LogP contribution in [-0.2, 0) is 10.0 Å². The average molecular weight is 326 g/mol. The van der Waals surface area contributed by atoms with E-state index in [0.29, 0.717) is 6.07 Å². The van der Waals surface area contributed by atoms with Gasteiger partial charge in [0.25, 0.3) is 5.91 Å². The van der Waals surface area contributed by atoms with E-state index in [9.17, 15) is 22.0 Å². The average Bonchev–Trinajstić information content (AvgIpc) is 2.92. The number of carbonyl (C=O) groups is 1. The van der Waals surface area contributed by atoms with Gasteiger partial charge >= 0.3 is 0 Å². The zero-order chi connectivity index (χ0) is 16.5. The van der Waals surface area contributed by atoms with E-state index in [-0.39, 0.29) is 16.3 Å². The Hall–Kier alpha value is -2.77. The predicted molar refractivity (Wildman–Crippen MR) is 71.2 cm³/mol. The molecule has 1 heterocycles. The number of benzene rings is 1. The minimum atomic E-state index is -3.98. The molecule has 1 aromatic heterocycles. The highest BCUT2D eigenvalue weighted by atomic mass is 32.2. The van der Waals surface area contributed by atoms with Crippen LogP contribution in [0.25, 0.3) is 0 Å². The number of nitrogens with one attached hydrogen (secondary N) is 2. The number of carbonyl (C=O) groups excluding carboxylic acids is 1. The molecule has 0 bridgehead atoms. The summed E-state index contributed by atoms with van der Waals surface area (Å²) in [7, 11) is -3.98. The summed E-state index contributed by atoms with van der Waals surface area (Å²) >= 11 is 0. The van der Waals surface area contributed by atoms with Crippen molar-refractivity contribution in [2.24, 2.45) is 5.14 Å². The second-order valence-electron chi connectivity index (χ2n) is 4.18. The van der Waals surface area contributed by atoms with Crippen molar-refractivity contribution in [3.05, 3.63) is 47.3 Å². The summed E-state index contributed by atoms with van der Waals surface area (Å²) in [6.45, 7) is 0. The Labute approximate surface area is 123 Å². The summed E-state index contributed by atoms with van der Waals surface area (Å²) in [6, 6.07) is 4.06. The number of hydrogen-bond donors (Lipinski definition) is 3. The number of aromatic nitrogens is 1. The number of halogens is 2. The van der Waals surface area contributed by atoms with Crippen LogP contribution < -0.4 is 10.5 Å². The van der Waals surface area contributed by atoms with E-state index in [4.69, 9.17) is 10.4 Å². The van der Waals surface area contributed by atoms with Gasteiger partial charge in [0.15, 0.2) is 11.6 Å². The zero-order valence-corrected chi connectivity index (χ0v) is 11.5. The molecule has 22 heavy (non-hydrogen) atoms. The minimum Gasteiger partial charge on any atom is -0.356 e. The van der Waals surface area contributed by atoms with Crippen molar-refractivity contribution >= 4 is 21.6 Å². The molecule has 7 nitrogen and oxygen atoms in total. The summed E-state index contributed by atoms with van der Waals surface area (Å²) in [4.78, 5) is 14.0. The van der Waals surface area contributed by atoms with Gasteiger partial charge in [0.1, 0.15) is 11.8 Å². The lowest BCUT2D eigenvalue weighted by atomic mass is 10.2. The first-order valence-electron chi connectivity index (χ1n) is 5.64. The summed E-state index contributed by atoms with van der Waals surface area (Å²) in [6.07, 6.45) is 1.01. The van der Waals surface area contributed by atoms with Crippen molar-refractivity contribution in [1.82, 2.24) is 4.98 Å². The van der Waals surface area contributed by atoms with E-state index < -0.39 is 33.1 Å². The Bertz CT molecular complexity index is 900. The number of nitrogens with two attached hydrogens (primary N) is 1. The second-order valence-corrected chi connectivity index (χ2v) is 5.74. The smallest absolute Gasteiger partial charge is 0.272 e. The van der Waals surface area contributed by atoms with Gasteiger partial charge in [0, 0.05) is 18.0 Å². The molecule has 0 saturated carbocycles. The minimum absolute atomic E-state index is 0.160. The van der Waals surface area contributed by atoms with Gasteiger partial charge in [-0.15, -0.1) is 0 Å². The molecule has 0 fully saturated rings. The number of nitriles is 1.